The van der Waals surface area contributed by atoms with Gasteiger partial charge >= 0.3 is 18.4 Å². The van der Waals surface area contributed by atoms with Crippen LogP contribution < -0.4 is 15.1 Å². The molecular formula is C29H38F6N4O2. The lowest BCUT2D eigenvalue weighted by Crippen LogP contribution is -2.39. The Balaban J connectivity index is 0.000000239. The minimum absolute atomic E-state index is 0.381. The van der Waals surface area contributed by atoms with E-state index in [9.17, 15) is 31.1 Å². The van der Waals surface area contributed by atoms with Crippen LogP contribution >= 0.6 is 0 Å². The highest BCUT2D eigenvalue weighted by Gasteiger charge is 2.32. The number of alkyl halides is 6. The van der Waals surface area contributed by atoms with Crippen LogP contribution in [0, 0.1) is 0 Å². The minimum atomic E-state index is -4.36. The molecule has 0 saturated carbocycles. The summed E-state index contributed by atoms with van der Waals surface area (Å²) in [7, 11) is 0. The zero-order valence-electron chi connectivity index (χ0n) is 23.6. The summed E-state index contributed by atoms with van der Waals surface area (Å²) in [5, 5.41) is 3.23. The van der Waals surface area contributed by atoms with Crippen molar-refractivity contribution in [2.75, 3.05) is 62.2 Å². The van der Waals surface area contributed by atoms with E-state index < -0.39 is 29.1 Å². The van der Waals surface area contributed by atoms with E-state index in [0.717, 1.165) is 50.8 Å². The van der Waals surface area contributed by atoms with Crippen LogP contribution in [-0.4, -0.2) is 69.0 Å². The van der Waals surface area contributed by atoms with E-state index in [-0.39, 0.29) is 6.09 Å². The third-order valence-electron chi connectivity index (χ3n) is 6.56. The van der Waals surface area contributed by atoms with Gasteiger partial charge in [0.2, 0.25) is 0 Å². The highest BCUT2D eigenvalue weighted by molar-refractivity contribution is 5.68. The summed E-state index contributed by atoms with van der Waals surface area (Å²) < 4.78 is 81.7. The summed E-state index contributed by atoms with van der Waals surface area (Å²) in [4.78, 5) is 17.6. The standard InChI is InChI=1S/C17H23F3N2O2.C12H15F3N2/c1-16(2,3)24-15(23)22-9-5-8-21(10-11-22)14-7-4-6-13(12-14)17(18,19)20;13-12(14,15)10-3-1-4-11(9-10)17-7-2-5-16-6-8-17/h4,6-7,12H,5,8-11H2,1-3H3;1,3-4,9,16H,2,5-8H2. The Morgan fingerprint density at radius 3 is 1.78 bits per heavy atom. The molecule has 2 aromatic carbocycles. The van der Waals surface area contributed by atoms with Gasteiger partial charge in [-0.15, -0.1) is 0 Å². The number of rotatable bonds is 2. The predicted molar refractivity (Wildman–Crippen MR) is 147 cm³/mol. The average molecular weight is 589 g/mol. The normalized spacial score (nSPS) is 17.2. The number of hydrogen-bond donors (Lipinski definition) is 1. The van der Waals surface area contributed by atoms with Crippen LogP contribution in [0.15, 0.2) is 48.5 Å². The maximum absolute atomic E-state index is 12.9. The predicted octanol–water partition coefficient (Wildman–Crippen LogP) is 6.66. The van der Waals surface area contributed by atoms with Gasteiger partial charge in [-0.2, -0.15) is 26.3 Å². The zero-order chi connectivity index (χ0) is 30.3. The number of carbonyl (C=O) groups excluding carboxylic acids is 1. The molecule has 2 aliphatic heterocycles. The molecule has 0 unspecified atom stereocenters. The Labute approximate surface area is 237 Å². The van der Waals surface area contributed by atoms with Crippen molar-refractivity contribution in [1.82, 2.24) is 10.2 Å². The second kappa shape index (κ2) is 13.7. The van der Waals surface area contributed by atoms with Gasteiger partial charge in [0.25, 0.3) is 0 Å². The van der Waals surface area contributed by atoms with Crippen LogP contribution in [0.1, 0.15) is 44.7 Å². The summed E-state index contributed by atoms with van der Waals surface area (Å²) in [6, 6.07) is 10.8. The number of anilines is 2. The van der Waals surface area contributed by atoms with Crippen LogP contribution in [0.5, 0.6) is 0 Å². The Bertz CT molecular complexity index is 1130. The van der Waals surface area contributed by atoms with Gasteiger partial charge in [0.1, 0.15) is 5.60 Å². The molecule has 2 saturated heterocycles. The minimum Gasteiger partial charge on any atom is -0.444 e. The van der Waals surface area contributed by atoms with Gasteiger partial charge in [-0.3, -0.25) is 0 Å². The molecule has 1 amide bonds. The fourth-order valence-electron chi connectivity index (χ4n) is 4.55. The first-order chi connectivity index (χ1) is 19.1. The van der Waals surface area contributed by atoms with E-state index in [1.165, 1.54) is 18.2 Å². The maximum atomic E-state index is 12.9. The van der Waals surface area contributed by atoms with Gasteiger partial charge in [0.05, 0.1) is 11.1 Å². The SMILES string of the molecule is CC(C)(C)OC(=O)N1CCCN(c2cccc(C(F)(F)F)c2)CC1.FC(F)(F)c1cccc(N2CCCNCC2)c1. The van der Waals surface area contributed by atoms with Crippen LogP contribution in [0.4, 0.5) is 42.5 Å². The van der Waals surface area contributed by atoms with E-state index in [0.29, 0.717) is 44.0 Å². The van der Waals surface area contributed by atoms with Crippen LogP contribution in [0.3, 0.4) is 0 Å². The summed E-state index contributed by atoms with van der Waals surface area (Å²) in [6.07, 6.45) is -7.37. The number of nitrogens with zero attached hydrogens (tertiary/aromatic N) is 3. The second-order valence-corrected chi connectivity index (χ2v) is 11.0. The molecule has 12 heteroatoms. The number of hydrogen-bond acceptors (Lipinski definition) is 5. The molecule has 228 valence electrons. The van der Waals surface area contributed by atoms with Crippen molar-refractivity contribution in [3.05, 3.63) is 59.7 Å². The van der Waals surface area contributed by atoms with Crippen molar-refractivity contribution >= 4 is 17.5 Å². The highest BCUT2D eigenvalue weighted by Crippen LogP contribution is 2.33. The van der Waals surface area contributed by atoms with Crippen molar-refractivity contribution in [3.8, 4) is 0 Å². The van der Waals surface area contributed by atoms with Crippen LogP contribution in [-0.2, 0) is 17.1 Å². The van der Waals surface area contributed by atoms with Gasteiger partial charge < -0.3 is 24.8 Å². The van der Waals surface area contributed by atoms with E-state index in [2.05, 4.69) is 5.32 Å². The Hall–Kier alpha value is -3.15. The third-order valence-corrected chi connectivity index (χ3v) is 6.56. The Kier molecular flexibility index (Phi) is 10.8. The Morgan fingerprint density at radius 2 is 1.24 bits per heavy atom. The Morgan fingerprint density at radius 1 is 0.707 bits per heavy atom. The molecule has 0 spiro atoms. The molecule has 0 atom stereocenters. The fraction of sp³-hybridized carbons (Fsp3) is 0.552. The quantitative estimate of drug-likeness (QED) is 0.398. The van der Waals surface area contributed by atoms with E-state index in [1.807, 2.05) is 9.80 Å². The molecule has 0 aromatic heterocycles. The number of amides is 1. The lowest BCUT2D eigenvalue weighted by Gasteiger charge is -2.27. The van der Waals surface area contributed by atoms with Crippen molar-refractivity contribution in [3.63, 3.8) is 0 Å². The number of carbonyl (C=O) groups is 1. The van der Waals surface area contributed by atoms with Crippen molar-refractivity contribution < 1.29 is 35.9 Å². The molecule has 1 N–H and O–H groups in total. The van der Waals surface area contributed by atoms with Gasteiger partial charge in [-0.05, 0) is 76.6 Å². The van der Waals surface area contributed by atoms with Gasteiger partial charge in [-0.1, -0.05) is 12.1 Å². The van der Waals surface area contributed by atoms with Crippen molar-refractivity contribution in [1.29, 1.82) is 0 Å². The first-order valence-corrected chi connectivity index (χ1v) is 13.7. The lowest BCUT2D eigenvalue weighted by atomic mass is 10.1. The summed E-state index contributed by atoms with van der Waals surface area (Å²) >= 11 is 0. The average Bonchev–Trinajstić information content (AvgIpc) is 3.31. The number of benzene rings is 2. The van der Waals surface area contributed by atoms with E-state index in [4.69, 9.17) is 4.74 Å². The first-order valence-electron chi connectivity index (χ1n) is 13.7. The van der Waals surface area contributed by atoms with Crippen molar-refractivity contribution in [2.45, 2.75) is 51.6 Å². The lowest BCUT2D eigenvalue weighted by molar-refractivity contribution is -0.138. The molecule has 2 heterocycles. The summed E-state index contributed by atoms with van der Waals surface area (Å²) in [5.74, 6) is 0. The third kappa shape index (κ3) is 10.3. The zero-order valence-corrected chi connectivity index (χ0v) is 23.6. The first kappa shape index (κ1) is 32.4. The molecule has 2 fully saturated rings. The molecule has 2 aromatic rings. The monoisotopic (exact) mass is 588 g/mol. The molecule has 41 heavy (non-hydrogen) atoms. The van der Waals surface area contributed by atoms with Gasteiger partial charge in [-0.25, -0.2) is 4.79 Å². The van der Waals surface area contributed by atoms with E-state index in [1.54, 1.807) is 37.8 Å². The van der Waals surface area contributed by atoms with Gasteiger partial charge in [0.15, 0.2) is 0 Å². The molecule has 4 rings (SSSR count). The fourth-order valence-corrected chi connectivity index (χ4v) is 4.55. The summed E-state index contributed by atoms with van der Waals surface area (Å²) in [6.45, 7) is 10.7. The highest BCUT2D eigenvalue weighted by atomic mass is 19.4. The second-order valence-electron chi connectivity index (χ2n) is 11.0. The van der Waals surface area contributed by atoms with Crippen LogP contribution in [0.25, 0.3) is 0 Å². The largest absolute Gasteiger partial charge is 0.444 e. The molecule has 0 aliphatic carbocycles. The molecule has 0 radical (unpaired) electrons. The number of nitrogens with one attached hydrogen (secondary N) is 1. The summed E-state index contributed by atoms with van der Waals surface area (Å²) in [5.41, 5.74) is -0.621. The number of halogens is 6. The molecule has 6 nitrogen and oxygen atoms in total. The van der Waals surface area contributed by atoms with E-state index >= 15 is 0 Å². The van der Waals surface area contributed by atoms with Gasteiger partial charge in [0, 0.05) is 57.2 Å². The smallest absolute Gasteiger partial charge is 0.416 e. The molecule has 2 aliphatic rings. The van der Waals surface area contributed by atoms with Crippen LogP contribution in [0.2, 0.25) is 0 Å². The maximum Gasteiger partial charge on any atom is 0.416 e. The molecular weight excluding hydrogens is 550 g/mol. The number of ether oxygens (including phenoxy) is 1. The van der Waals surface area contributed by atoms with Crippen molar-refractivity contribution in [2.24, 2.45) is 0 Å². The topological polar surface area (TPSA) is 48.1 Å². The molecule has 0 bridgehead atoms.